The van der Waals surface area contributed by atoms with Crippen molar-refractivity contribution in [2.24, 2.45) is 17.8 Å². The Morgan fingerprint density at radius 1 is 1.21 bits per heavy atom. The summed E-state index contributed by atoms with van der Waals surface area (Å²) in [4.78, 5) is 54.0. The van der Waals surface area contributed by atoms with Crippen LogP contribution in [0.1, 0.15) is 63.9 Å². The highest BCUT2D eigenvalue weighted by atomic mass is 16.7. The van der Waals surface area contributed by atoms with Crippen LogP contribution in [0, 0.1) is 17.8 Å². The SMILES string of the molecule is COc1ccnc(C(=O)NC2COCC(CCC(C)C)C(OC(=O)C3CC3)C(C)OC2=O)c1OCOC(C)=O. The van der Waals surface area contributed by atoms with Crippen LogP contribution in [-0.4, -0.2) is 74.2 Å². The molecule has 1 aromatic heterocycles. The number of carbonyl (C=O) groups is 4. The van der Waals surface area contributed by atoms with E-state index in [2.05, 4.69) is 24.1 Å². The normalized spacial score (nSPS) is 23.5. The van der Waals surface area contributed by atoms with Crippen LogP contribution in [0.5, 0.6) is 11.5 Å². The van der Waals surface area contributed by atoms with Crippen LogP contribution < -0.4 is 14.8 Å². The predicted octanol–water partition coefficient (Wildman–Crippen LogP) is 2.42. The fourth-order valence-corrected chi connectivity index (χ4v) is 4.14. The molecule has 1 N–H and O–H groups in total. The van der Waals surface area contributed by atoms with Gasteiger partial charge in [0.15, 0.2) is 23.2 Å². The first-order chi connectivity index (χ1) is 18.6. The monoisotopic (exact) mass is 550 g/mol. The van der Waals surface area contributed by atoms with Crippen molar-refractivity contribution in [2.75, 3.05) is 27.1 Å². The van der Waals surface area contributed by atoms with Crippen LogP contribution in [0.4, 0.5) is 0 Å². The number of rotatable bonds is 11. The van der Waals surface area contributed by atoms with Gasteiger partial charge in [0.2, 0.25) is 6.79 Å². The maximum absolute atomic E-state index is 13.2. The molecule has 12 nitrogen and oxygen atoms in total. The average molecular weight is 551 g/mol. The van der Waals surface area contributed by atoms with Gasteiger partial charge in [0.05, 0.1) is 26.2 Å². The standard InChI is InChI=1S/C27H38N2O10/c1-15(2)6-7-19-12-35-13-20(27(33)38-16(3)23(19)39-26(32)18-8-9-18)29-25(31)22-24(37-14-36-17(4)30)21(34-5)10-11-28-22/h10-11,15-16,18-20,23H,6-9,12-14H2,1-5H3,(H,29,31). The Hall–Kier alpha value is -3.41. The molecule has 0 aromatic carbocycles. The molecule has 3 rings (SSSR count). The molecule has 1 aromatic rings. The van der Waals surface area contributed by atoms with E-state index in [0.29, 0.717) is 5.92 Å². The lowest BCUT2D eigenvalue weighted by Gasteiger charge is -2.30. The molecule has 1 saturated heterocycles. The third kappa shape index (κ3) is 8.81. The van der Waals surface area contributed by atoms with Gasteiger partial charge in [-0.2, -0.15) is 0 Å². The van der Waals surface area contributed by atoms with E-state index in [0.717, 1.165) is 25.7 Å². The molecule has 4 unspecified atom stereocenters. The number of carbonyl (C=O) groups excluding carboxylic acids is 4. The van der Waals surface area contributed by atoms with Crippen molar-refractivity contribution in [1.82, 2.24) is 10.3 Å². The van der Waals surface area contributed by atoms with Crippen LogP contribution in [0.2, 0.25) is 0 Å². The van der Waals surface area contributed by atoms with Crippen molar-refractivity contribution >= 4 is 23.8 Å². The molecule has 1 aliphatic heterocycles. The summed E-state index contributed by atoms with van der Waals surface area (Å²) in [5, 5.41) is 2.59. The lowest BCUT2D eigenvalue weighted by molar-refractivity contribution is -0.172. The zero-order valence-corrected chi connectivity index (χ0v) is 23.1. The lowest BCUT2D eigenvalue weighted by Crippen LogP contribution is -2.46. The van der Waals surface area contributed by atoms with Crippen LogP contribution in [0.15, 0.2) is 12.3 Å². The van der Waals surface area contributed by atoms with E-state index in [1.165, 1.54) is 26.3 Å². The number of ether oxygens (including phenoxy) is 6. The highest BCUT2D eigenvalue weighted by molar-refractivity contribution is 5.98. The second-order valence-electron chi connectivity index (χ2n) is 10.2. The van der Waals surface area contributed by atoms with Crippen molar-refractivity contribution in [1.29, 1.82) is 0 Å². The van der Waals surface area contributed by atoms with Gasteiger partial charge >= 0.3 is 17.9 Å². The summed E-state index contributed by atoms with van der Waals surface area (Å²) in [5.74, 6) is -2.10. The molecule has 39 heavy (non-hydrogen) atoms. The minimum Gasteiger partial charge on any atom is -0.493 e. The zero-order chi connectivity index (χ0) is 28.5. The first-order valence-electron chi connectivity index (χ1n) is 13.2. The van der Waals surface area contributed by atoms with Crippen molar-refractivity contribution in [3.8, 4) is 11.5 Å². The summed E-state index contributed by atoms with van der Waals surface area (Å²) in [7, 11) is 1.38. The fourth-order valence-electron chi connectivity index (χ4n) is 4.14. The molecule has 4 atom stereocenters. The molecule has 216 valence electrons. The Bertz CT molecular complexity index is 1030. The summed E-state index contributed by atoms with van der Waals surface area (Å²) >= 11 is 0. The van der Waals surface area contributed by atoms with Crippen LogP contribution in [0.3, 0.4) is 0 Å². The van der Waals surface area contributed by atoms with Gasteiger partial charge in [-0.15, -0.1) is 0 Å². The summed E-state index contributed by atoms with van der Waals surface area (Å²) in [6.45, 7) is 6.69. The Kier molecular flexibility index (Phi) is 10.9. The van der Waals surface area contributed by atoms with Crippen molar-refractivity contribution in [2.45, 2.75) is 71.6 Å². The van der Waals surface area contributed by atoms with E-state index in [4.69, 9.17) is 28.4 Å². The topological polar surface area (TPSA) is 149 Å². The van der Waals surface area contributed by atoms with Crippen molar-refractivity contribution < 1.29 is 47.6 Å². The minimum absolute atomic E-state index is 0.0646. The number of methoxy groups -OCH3 is 1. The van der Waals surface area contributed by atoms with E-state index in [-0.39, 0.29) is 48.2 Å². The number of cyclic esters (lactones) is 1. The maximum atomic E-state index is 13.2. The van der Waals surface area contributed by atoms with Crippen molar-refractivity contribution in [3.05, 3.63) is 18.0 Å². The molecule has 0 radical (unpaired) electrons. The largest absolute Gasteiger partial charge is 0.493 e. The summed E-state index contributed by atoms with van der Waals surface area (Å²) in [5.41, 5.74) is -0.187. The number of nitrogens with one attached hydrogen (secondary N) is 1. The van der Waals surface area contributed by atoms with E-state index >= 15 is 0 Å². The highest BCUT2D eigenvalue weighted by Gasteiger charge is 2.40. The lowest BCUT2D eigenvalue weighted by atomic mass is 9.91. The molecule has 2 aliphatic rings. The first kappa shape index (κ1) is 30.1. The highest BCUT2D eigenvalue weighted by Crippen LogP contribution is 2.33. The molecule has 1 aliphatic carbocycles. The number of pyridine rings is 1. The molecule has 1 amide bonds. The third-order valence-electron chi connectivity index (χ3n) is 6.48. The van der Waals surface area contributed by atoms with Gasteiger partial charge in [-0.3, -0.25) is 14.4 Å². The van der Waals surface area contributed by atoms with Crippen LogP contribution >= 0.6 is 0 Å². The van der Waals surface area contributed by atoms with Gasteiger partial charge in [-0.25, -0.2) is 9.78 Å². The molecule has 1 saturated carbocycles. The second-order valence-corrected chi connectivity index (χ2v) is 10.2. The molecular formula is C27H38N2O10. The number of nitrogens with zero attached hydrogens (tertiary/aromatic N) is 1. The number of esters is 3. The zero-order valence-electron chi connectivity index (χ0n) is 23.1. The van der Waals surface area contributed by atoms with E-state index in [1.807, 2.05) is 0 Å². The smallest absolute Gasteiger partial charge is 0.331 e. The molecule has 0 bridgehead atoms. The van der Waals surface area contributed by atoms with E-state index in [1.54, 1.807) is 6.92 Å². The summed E-state index contributed by atoms with van der Waals surface area (Å²) in [6.07, 6.45) is 3.11. The van der Waals surface area contributed by atoms with Crippen LogP contribution in [0.25, 0.3) is 0 Å². The Morgan fingerprint density at radius 3 is 2.59 bits per heavy atom. The quantitative estimate of drug-likeness (QED) is 0.246. The molecule has 12 heteroatoms. The van der Waals surface area contributed by atoms with Gasteiger partial charge in [0.25, 0.3) is 5.91 Å². The molecule has 0 spiro atoms. The Labute approximate surface area is 228 Å². The maximum Gasteiger partial charge on any atom is 0.331 e. The summed E-state index contributed by atoms with van der Waals surface area (Å²) < 4.78 is 32.9. The Balaban J connectivity index is 1.76. The molecular weight excluding hydrogens is 512 g/mol. The fraction of sp³-hybridized carbons (Fsp3) is 0.667. The number of hydrogen-bond donors (Lipinski definition) is 1. The molecule has 2 fully saturated rings. The van der Waals surface area contributed by atoms with Gasteiger partial charge in [0, 0.05) is 25.1 Å². The van der Waals surface area contributed by atoms with Gasteiger partial charge in [0.1, 0.15) is 12.2 Å². The first-order valence-corrected chi connectivity index (χ1v) is 13.2. The number of aromatic nitrogens is 1. The van der Waals surface area contributed by atoms with E-state index < -0.39 is 42.9 Å². The third-order valence-corrected chi connectivity index (χ3v) is 6.48. The van der Waals surface area contributed by atoms with Gasteiger partial charge < -0.3 is 33.7 Å². The summed E-state index contributed by atoms with van der Waals surface area (Å²) in [6, 6.07) is 0.303. The minimum atomic E-state index is -1.17. The predicted molar refractivity (Wildman–Crippen MR) is 136 cm³/mol. The average Bonchev–Trinajstić information content (AvgIpc) is 3.73. The number of hydrogen-bond acceptors (Lipinski definition) is 11. The second kappa shape index (κ2) is 14.1. The van der Waals surface area contributed by atoms with Gasteiger partial charge in [-0.1, -0.05) is 20.3 Å². The number of amides is 1. The van der Waals surface area contributed by atoms with Gasteiger partial charge in [-0.05, 0) is 32.1 Å². The molecule has 2 heterocycles. The van der Waals surface area contributed by atoms with Crippen LogP contribution in [-0.2, 0) is 33.3 Å². The van der Waals surface area contributed by atoms with Crippen molar-refractivity contribution in [3.63, 3.8) is 0 Å². The Morgan fingerprint density at radius 2 is 1.95 bits per heavy atom. The van der Waals surface area contributed by atoms with E-state index in [9.17, 15) is 19.2 Å².